The number of rotatable bonds is 3. The van der Waals surface area contributed by atoms with Crippen molar-refractivity contribution in [2.75, 3.05) is 6.61 Å². The molecule has 0 aromatic rings. The zero-order valence-electron chi connectivity index (χ0n) is 7.43. The minimum Gasteiger partial charge on any atom is -0.394 e. The molecule has 1 saturated heterocycles. The van der Waals surface area contributed by atoms with Crippen molar-refractivity contribution in [2.45, 2.75) is 44.9 Å². The summed E-state index contributed by atoms with van der Waals surface area (Å²) in [5.41, 5.74) is 0. The van der Waals surface area contributed by atoms with Crippen LogP contribution in [0.5, 0.6) is 0 Å². The first-order valence-electron chi connectivity index (χ1n) is 4.23. The lowest BCUT2D eigenvalue weighted by molar-refractivity contribution is -0.161. The molecule has 0 aromatic heterocycles. The molecule has 3 atom stereocenters. The third kappa shape index (κ3) is 2.42. The Balaban J connectivity index is 2.33. The van der Waals surface area contributed by atoms with E-state index in [0.717, 1.165) is 0 Å². The molecular weight excluding hydrogens is 160 g/mol. The molecule has 0 aliphatic carbocycles. The van der Waals surface area contributed by atoms with Crippen molar-refractivity contribution in [3.63, 3.8) is 0 Å². The lowest BCUT2D eigenvalue weighted by atomic mass is 10.2. The maximum atomic E-state index is 9.31. The maximum Gasteiger partial charge on any atom is 0.161 e. The van der Waals surface area contributed by atoms with Gasteiger partial charge in [0, 0.05) is 6.42 Å². The molecule has 1 aliphatic rings. The molecule has 0 amide bonds. The fraction of sp³-hybridized carbons (Fsp3) is 1.00. The van der Waals surface area contributed by atoms with Gasteiger partial charge in [-0.15, -0.1) is 0 Å². The van der Waals surface area contributed by atoms with Crippen molar-refractivity contribution in [3.05, 3.63) is 0 Å². The second kappa shape index (κ2) is 4.18. The van der Waals surface area contributed by atoms with E-state index >= 15 is 0 Å². The Hall–Kier alpha value is -0.160. The summed E-state index contributed by atoms with van der Waals surface area (Å²) in [6, 6.07) is 0. The van der Waals surface area contributed by atoms with Gasteiger partial charge in [0.05, 0.1) is 18.8 Å². The molecule has 0 saturated carbocycles. The molecule has 1 heterocycles. The maximum absolute atomic E-state index is 9.31. The summed E-state index contributed by atoms with van der Waals surface area (Å²) in [6.45, 7) is 3.66. The Morgan fingerprint density at radius 2 is 2.25 bits per heavy atom. The highest BCUT2D eigenvalue weighted by molar-refractivity contribution is 4.77. The Morgan fingerprint density at radius 3 is 2.67 bits per heavy atom. The highest BCUT2D eigenvalue weighted by Crippen LogP contribution is 2.21. The fourth-order valence-corrected chi connectivity index (χ4v) is 1.25. The van der Waals surface area contributed by atoms with E-state index in [0.29, 0.717) is 6.42 Å². The van der Waals surface area contributed by atoms with E-state index in [1.807, 2.05) is 13.8 Å². The molecule has 0 radical (unpaired) electrons. The Kier molecular flexibility index (Phi) is 3.46. The minimum absolute atomic E-state index is 0.0830. The monoisotopic (exact) mass is 176 g/mol. The number of ether oxygens (including phenoxy) is 2. The van der Waals surface area contributed by atoms with Gasteiger partial charge in [0.15, 0.2) is 6.29 Å². The lowest BCUT2D eigenvalue weighted by Crippen LogP contribution is -2.24. The highest BCUT2D eigenvalue weighted by Gasteiger charge is 2.34. The number of aliphatic hydroxyl groups is 2. The predicted octanol–water partition coefficient (Wildman–Crippen LogP) is -0.120. The van der Waals surface area contributed by atoms with Gasteiger partial charge in [-0.1, -0.05) is 0 Å². The van der Waals surface area contributed by atoms with Crippen LogP contribution in [0.25, 0.3) is 0 Å². The first-order chi connectivity index (χ1) is 5.63. The lowest BCUT2D eigenvalue weighted by Gasteiger charge is -2.14. The highest BCUT2D eigenvalue weighted by atomic mass is 16.7. The van der Waals surface area contributed by atoms with Crippen molar-refractivity contribution < 1.29 is 19.7 Å². The molecule has 1 rings (SSSR count). The number of aliphatic hydroxyl groups excluding tert-OH is 2. The van der Waals surface area contributed by atoms with Crippen LogP contribution in [0.15, 0.2) is 0 Å². The number of hydrogen-bond acceptors (Lipinski definition) is 4. The average Bonchev–Trinajstić information content (AvgIpc) is 2.29. The second-order valence-corrected chi connectivity index (χ2v) is 3.27. The van der Waals surface area contributed by atoms with Crippen LogP contribution < -0.4 is 0 Å². The van der Waals surface area contributed by atoms with E-state index < -0.39 is 12.2 Å². The third-order valence-corrected chi connectivity index (χ3v) is 1.79. The molecule has 12 heavy (non-hydrogen) atoms. The first kappa shape index (κ1) is 9.92. The van der Waals surface area contributed by atoms with Gasteiger partial charge in [-0.2, -0.15) is 0 Å². The van der Waals surface area contributed by atoms with Gasteiger partial charge in [0.1, 0.15) is 6.10 Å². The molecule has 0 spiro atoms. The average molecular weight is 176 g/mol. The van der Waals surface area contributed by atoms with Crippen molar-refractivity contribution in [3.8, 4) is 0 Å². The molecule has 1 aliphatic heterocycles. The van der Waals surface area contributed by atoms with E-state index in [1.165, 1.54) is 0 Å². The molecule has 4 heteroatoms. The van der Waals surface area contributed by atoms with Crippen LogP contribution in [0.4, 0.5) is 0 Å². The zero-order valence-corrected chi connectivity index (χ0v) is 7.43. The smallest absolute Gasteiger partial charge is 0.161 e. The van der Waals surface area contributed by atoms with Gasteiger partial charge in [-0.05, 0) is 13.8 Å². The van der Waals surface area contributed by atoms with Crippen LogP contribution in [0.2, 0.25) is 0 Å². The normalized spacial score (nSPS) is 36.2. The van der Waals surface area contributed by atoms with Gasteiger partial charge in [0.25, 0.3) is 0 Å². The summed E-state index contributed by atoms with van der Waals surface area (Å²) in [6.07, 6.45) is -0.909. The fourth-order valence-electron chi connectivity index (χ4n) is 1.25. The molecule has 2 N–H and O–H groups in total. The predicted molar refractivity (Wildman–Crippen MR) is 42.6 cm³/mol. The van der Waals surface area contributed by atoms with Gasteiger partial charge in [-0.3, -0.25) is 0 Å². The quantitative estimate of drug-likeness (QED) is 0.629. The number of hydrogen-bond donors (Lipinski definition) is 2. The summed E-state index contributed by atoms with van der Waals surface area (Å²) in [4.78, 5) is 0. The molecular formula is C8H16O4. The van der Waals surface area contributed by atoms with E-state index in [1.54, 1.807) is 0 Å². The topological polar surface area (TPSA) is 58.9 Å². The van der Waals surface area contributed by atoms with Crippen LogP contribution in [0.3, 0.4) is 0 Å². The third-order valence-electron chi connectivity index (χ3n) is 1.79. The van der Waals surface area contributed by atoms with Crippen molar-refractivity contribution in [1.82, 2.24) is 0 Å². The Labute approximate surface area is 72.1 Å². The molecule has 1 fully saturated rings. The van der Waals surface area contributed by atoms with Crippen LogP contribution >= 0.6 is 0 Å². The van der Waals surface area contributed by atoms with Gasteiger partial charge >= 0.3 is 0 Å². The van der Waals surface area contributed by atoms with Crippen LogP contribution in [-0.4, -0.2) is 41.4 Å². The second-order valence-electron chi connectivity index (χ2n) is 3.27. The van der Waals surface area contributed by atoms with E-state index in [-0.39, 0.29) is 19.0 Å². The van der Waals surface area contributed by atoms with Gasteiger partial charge in [-0.25, -0.2) is 0 Å². The largest absolute Gasteiger partial charge is 0.394 e. The van der Waals surface area contributed by atoms with E-state index in [4.69, 9.17) is 14.6 Å². The minimum atomic E-state index is -0.598. The van der Waals surface area contributed by atoms with E-state index in [9.17, 15) is 5.11 Å². The Bertz CT molecular complexity index is 137. The van der Waals surface area contributed by atoms with Gasteiger partial charge < -0.3 is 19.7 Å². The summed E-state index contributed by atoms with van der Waals surface area (Å²) in [5, 5.41) is 18.1. The first-order valence-corrected chi connectivity index (χ1v) is 4.23. The summed E-state index contributed by atoms with van der Waals surface area (Å²) in [5.74, 6) is 0. The van der Waals surface area contributed by atoms with Crippen LogP contribution in [0.1, 0.15) is 20.3 Å². The van der Waals surface area contributed by atoms with Crippen molar-refractivity contribution >= 4 is 0 Å². The summed E-state index contributed by atoms with van der Waals surface area (Å²) < 4.78 is 10.5. The summed E-state index contributed by atoms with van der Waals surface area (Å²) >= 11 is 0. The zero-order chi connectivity index (χ0) is 9.14. The van der Waals surface area contributed by atoms with Gasteiger partial charge in [0.2, 0.25) is 0 Å². The standard InChI is InChI=1S/C8H16O4/c1-5(2)11-8-3-6(10)7(4-9)12-8/h5-10H,3-4H2,1-2H3/t6?,7-,8-/m1/s1. The summed E-state index contributed by atoms with van der Waals surface area (Å²) in [7, 11) is 0. The molecule has 1 unspecified atom stereocenters. The van der Waals surface area contributed by atoms with Crippen molar-refractivity contribution in [2.24, 2.45) is 0 Å². The molecule has 72 valence electrons. The molecule has 0 aromatic carbocycles. The van der Waals surface area contributed by atoms with E-state index in [2.05, 4.69) is 0 Å². The van der Waals surface area contributed by atoms with Crippen molar-refractivity contribution in [1.29, 1.82) is 0 Å². The SMILES string of the molecule is CC(C)O[C@H]1CC(O)[C@@H](CO)O1. The van der Waals surface area contributed by atoms with Crippen LogP contribution in [-0.2, 0) is 9.47 Å². The van der Waals surface area contributed by atoms with Crippen LogP contribution in [0, 0.1) is 0 Å². The molecule has 0 bridgehead atoms. The Morgan fingerprint density at radius 1 is 1.58 bits per heavy atom. The molecule has 4 nitrogen and oxygen atoms in total.